The molecule has 9 heteroatoms. The van der Waals surface area contributed by atoms with Crippen LogP contribution in [-0.4, -0.2) is 34.6 Å². The molecule has 0 spiro atoms. The van der Waals surface area contributed by atoms with Crippen molar-refractivity contribution >= 4 is 10.0 Å². The maximum atomic E-state index is 12.9. The second kappa shape index (κ2) is 7.00. The molecule has 8 nitrogen and oxygen atoms in total. The van der Waals surface area contributed by atoms with Crippen LogP contribution in [0, 0.1) is 20.8 Å². The van der Waals surface area contributed by atoms with Gasteiger partial charge in [-0.05, 0) is 20.8 Å². The summed E-state index contributed by atoms with van der Waals surface area (Å²) >= 11 is 0. The van der Waals surface area contributed by atoms with E-state index in [1.54, 1.807) is 20.8 Å². The van der Waals surface area contributed by atoms with Gasteiger partial charge in [-0.25, -0.2) is 8.42 Å². The molecule has 0 unspecified atom stereocenters. The van der Waals surface area contributed by atoms with Crippen LogP contribution in [0.5, 0.6) is 0 Å². The topological polar surface area (TPSA) is 102 Å². The molecule has 1 aromatic carbocycles. The van der Waals surface area contributed by atoms with E-state index in [1.165, 1.54) is 4.31 Å². The van der Waals surface area contributed by atoms with Gasteiger partial charge >= 0.3 is 0 Å². The number of hydrogen-bond donors (Lipinski definition) is 0. The van der Waals surface area contributed by atoms with Gasteiger partial charge in [0.25, 0.3) is 0 Å². The van der Waals surface area contributed by atoms with Gasteiger partial charge in [0.15, 0.2) is 5.76 Å². The quantitative estimate of drug-likeness (QED) is 0.652. The fraction of sp³-hybridized carbons (Fsp3) is 0.353. The number of hydrogen-bond acceptors (Lipinski definition) is 7. The van der Waals surface area contributed by atoms with Crippen LogP contribution in [0.25, 0.3) is 11.4 Å². The number of aryl methyl sites for hydroxylation is 3. The van der Waals surface area contributed by atoms with Gasteiger partial charge in [-0.3, -0.25) is 0 Å². The lowest BCUT2D eigenvalue weighted by atomic mass is 10.1. The van der Waals surface area contributed by atoms with Crippen LogP contribution >= 0.6 is 0 Å². The molecular formula is C17H20N4O4S. The molecule has 0 atom stereocenters. The fourth-order valence-electron chi connectivity index (χ4n) is 2.63. The molecule has 2 heterocycles. The largest absolute Gasteiger partial charge is 0.360 e. The Morgan fingerprint density at radius 2 is 1.73 bits per heavy atom. The molecule has 3 aromatic rings. The van der Waals surface area contributed by atoms with Gasteiger partial charge in [0.2, 0.25) is 21.7 Å². The van der Waals surface area contributed by atoms with E-state index in [0.717, 1.165) is 11.1 Å². The minimum absolute atomic E-state index is 0.0260. The number of aromatic nitrogens is 3. The molecule has 2 aromatic heterocycles. The van der Waals surface area contributed by atoms with E-state index in [2.05, 4.69) is 15.3 Å². The summed E-state index contributed by atoms with van der Waals surface area (Å²) in [6, 6.07) is 7.68. The molecule has 0 fully saturated rings. The number of nitrogens with zero attached hydrogens (tertiary/aromatic N) is 4. The van der Waals surface area contributed by atoms with E-state index >= 15 is 0 Å². The highest BCUT2D eigenvalue weighted by Crippen LogP contribution is 2.25. The van der Waals surface area contributed by atoms with Crippen molar-refractivity contribution in [2.45, 2.75) is 39.1 Å². The summed E-state index contributed by atoms with van der Waals surface area (Å²) in [4.78, 5) is 4.40. The Hall–Kier alpha value is -2.52. The molecule has 0 radical (unpaired) electrons. The van der Waals surface area contributed by atoms with Crippen LogP contribution < -0.4 is 0 Å². The van der Waals surface area contributed by atoms with E-state index in [9.17, 15) is 8.42 Å². The molecule has 0 aliphatic rings. The number of rotatable bonds is 6. The van der Waals surface area contributed by atoms with Crippen molar-refractivity contribution in [3.63, 3.8) is 0 Å². The third kappa shape index (κ3) is 3.40. The van der Waals surface area contributed by atoms with Crippen LogP contribution in [0.2, 0.25) is 0 Å². The molecule has 0 aliphatic heterocycles. The normalized spacial score (nSPS) is 12.0. The van der Waals surface area contributed by atoms with E-state index in [0.29, 0.717) is 11.5 Å². The molecule has 0 saturated carbocycles. The Balaban J connectivity index is 1.86. The van der Waals surface area contributed by atoms with Gasteiger partial charge in [0.05, 0.1) is 6.54 Å². The summed E-state index contributed by atoms with van der Waals surface area (Å²) in [6.45, 7) is 7.12. The highest BCUT2D eigenvalue weighted by molar-refractivity contribution is 7.89. The zero-order valence-corrected chi connectivity index (χ0v) is 15.9. The summed E-state index contributed by atoms with van der Waals surface area (Å²) in [5.74, 6) is 0.898. The number of sulfonamides is 1. The molecule has 138 valence electrons. The number of benzene rings is 1. The van der Waals surface area contributed by atoms with Crippen molar-refractivity contribution in [3.8, 4) is 11.4 Å². The lowest BCUT2D eigenvalue weighted by Gasteiger charge is -2.18. The molecule has 0 amide bonds. The first-order valence-corrected chi connectivity index (χ1v) is 9.59. The van der Waals surface area contributed by atoms with Crippen molar-refractivity contribution in [1.82, 2.24) is 19.6 Å². The van der Waals surface area contributed by atoms with Gasteiger partial charge in [0, 0.05) is 12.1 Å². The summed E-state index contributed by atoms with van der Waals surface area (Å²) in [5, 5.41) is 7.67. The molecule has 0 saturated heterocycles. The molecule has 3 rings (SSSR count). The van der Waals surface area contributed by atoms with Gasteiger partial charge in [-0.15, -0.1) is 0 Å². The average molecular weight is 376 g/mol. The zero-order chi connectivity index (χ0) is 18.9. The van der Waals surface area contributed by atoms with Crippen LogP contribution in [0.4, 0.5) is 0 Å². The van der Waals surface area contributed by atoms with E-state index in [-0.39, 0.29) is 29.6 Å². The van der Waals surface area contributed by atoms with Crippen LogP contribution in [-0.2, 0) is 16.6 Å². The average Bonchev–Trinajstić information content (AvgIpc) is 3.20. The first kappa shape index (κ1) is 18.3. The highest BCUT2D eigenvalue weighted by atomic mass is 32.2. The lowest BCUT2D eigenvalue weighted by Crippen LogP contribution is -2.31. The monoisotopic (exact) mass is 376 g/mol. The van der Waals surface area contributed by atoms with Gasteiger partial charge in [-0.1, -0.05) is 47.1 Å². The van der Waals surface area contributed by atoms with Crippen molar-refractivity contribution < 1.29 is 17.5 Å². The summed E-state index contributed by atoms with van der Waals surface area (Å²) in [7, 11) is -3.78. The van der Waals surface area contributed by atoms with Gasteiger partial charge < -0.3 is 9.05 Å². The second-order valence-corrected chi connectivity index (χ2v) is 7.84. The maximum Gasteiger partial charge on any atom is 0.248 e. The molecule has 0 N–H and O–H groups in total. The SMILES string of the molecule is CCN(Cc1nc(-c2ccc(C)cc2)no1)S(=O)(=O)c1c(C)noc1C. The first-order valence-electron chi connectivity index (χ1n) is 8.15. The van der Waals surface area contributed by atoms with E-state index in [4.69, 9.17) is 9.05 Å². The lowest BCUT2D eigenvalue weighted by molar-refractivity contribution is 0.321. The Labute approximate surface area is 151 Å². The molecule has 0 bridgehead atoms. The van der Waals surface area contributed by atoms with Crippen molar-refractivity contribution in [2.75, 3.05) is 6.54 Å². The highest BCUT2D eigenvalue weighted by Gasteiger charge is 2.31. The van der Waals surface area contributed by atoms with Crippen LogP contribution in [0.3, 0.4) is 0 Å². The molecule has 26 heavy (non-hydrogen) atoms. The Morgan fingerprint density at radius 3 is 2.31 bits per heavy atom. The predicted molar refractivity (Wildman–Crippen MR) is 93.7 cm³/mol. The third-order valence-corrected chi connectivity index (χ3v) is 6.17. The van der Waals surface area contributed by atoms with Gasteiger partial charge in [0.1, 0.15) is 10.6 Å². The summed E-state index contributed by atoms with van der Waals surface area (Å²) in [6.07, 6.45) is 0. The predicted octanol–water partition coefficient (Wildman–Crippen LogP) is 2.86. The second-order valence-electron chi connectivity index (χ2n) is 5.96. The fourth-order valence-corrected chi connectivity index (χ4v) is 4.32. The summed E-state index contributed by atoms with van der Waals surface area (Å²) in [5.41, 5.74) is 2.26. The van der Waals surface area contributed by atoms with E-state index < -0.39 is 10.0 Å². The van der Waals surface area contributed by atoms with Crippen molar-refractivity contribution in [1.29, 1.82) is 0 Å². The Kier molecular flexibility index (Phi) is 4.92. The first-order chi connectivity index (χ1) is 12.3. The minimum Gasteiger partial charge on any atom is -0.360 e. The summed E-state index contributed by atoms with van der Waals surface area (Å²) < 4.78 is 37.3. The standard InChI is InChI=1S/C17H20N4O4S/c1-5-21(26(22,23)16-12(3)19-24-13(16)4)10-15-18-17(20-25-15)14-8-6-11(2)7-9-14/h6-9H,5,10H2,1-4H3. The van der Waals surface area contributed by atoms with Crippen LogP contribution in [0.1, 0.15) is 29.8 Å². The minimum atomic E-state index is -3.78. The smallest absolute Gasteiger partial charge is 0.248 e. The molecular weight excluding hydrogens is 356 g/mol. The molecule has 0 aliphatic carbocycles. The van der Waals surface area contributed by atoms with E-state index in [1.807, 2.05) is 31.2 Å². The van der Waals surface area contributed by atoms with Crippen molar-refractivity contribution in [2.24, 2.45) is 0 Å². The van der Waals surface area contributed by atoms with Gasteiger partial charge in [-0.2, -0.15) is 9.29 Å². The maximum absolute atomic E-state index is 12.9. The Bertz CT molecular complexity index is 986. The van der Waals surface area contributed by atoms with Crippen molar-refractivity contribution in [3.05, 3.63) is 47.2 Å². The zero-order valence-electron chi connectivity index (χ0n) is 15.1. The van der Waals surface area contributed by atoms with Crippen LogP contribution in [0.15, 0.2) is 38.2 Å². The Morgan fingerprint density at radius 1 is 1.04 bits per heavy atom. The third-order valence-electron chi connectivity index (χ3n) is 4.01.